The summed E-state index contributed by atoms with van der Waals surface area (Å²) in [6, 6.07) is 8.03. The first kappa shape index (κ1) is 13.4. The molecule has 0 radical (unpaired) electrons. The molecule has 0 bridgehead atoms. The molecular formula is C16H19NO2S. The van der Waals surface area contributed by atoms with Crippen LogP contribution in [0.2, 0.25) is 0 Å². The highest BCUT2D eigenvalue weighted by Crippen LogP contribution is 2.34. The van der Waals surface area contributed by atoms with Gasteiger partial charge in [-0.25, -0.2) is 4.79 Å². The van der Waals surface area contributed by atoms with Gasteiger partial charge in [0.2, 0.25) is 0 Å². The zero-order chi connectivity index (χ0) is 14.3. The molecule has 2 aromatic rings. The molecule has 1 aliphatic rings. The van der Waals surface area contributed by atoms with Gasteiger partial charge in [-0.1, -0.05) is 19.9 Å². The van der Waals surface area contributed by atoms with E-state index in [-0.39, 0.29) is 0 Å². The maximum absolute atomic E-state index is 11.0. The van der Waals surface area contributed by atoms with Crippen molar-refractivity contribution in [1.29, 1.82) is 0 Å². The lowest BCUT2D eigenvalue weighted by Gasteiger charge is -2.38. The molecule has 1 N–H and O–H groups in total. The number of hydrogen-bond acceptors (Lipinski definition) is 3. The van der Waals surface area contributed by atoms with Crippen molar-refractivity contribution in [2.75, 3.05) is 18.0 Å². The molecule has 0 aliphatic carbocycles. The Balaban J connectivity index is 1.87. The second kappa shape index (κ2) is 4.77. The molecule has 1 fully saturated rings. The molecule has 1 aromatic carbocycles. The number of nitrogens with zero attached hydrogens (tertiary/aromatic N) is 1. The fraction of sp³-hybridized carbons (Fsp3) is 0.438. The lowest BCUT2D eigenvalue weighted by atomic mass is 9.82. The fourth-order valence-electron chi connectivity index (χ4n) is 2.69. The van der Waals surface area contributed by atoms with Gasteiger partial charge < -0.3 is 10.0 Å². The van der Waals surface area contributed by atoms with Gasteiger partial charge in [0.05, 0.1) is 0 Å². The Morgan fingerprint density at radius 1 is 1.25 bits per heavy atom. The average molecular weight is 289 g/mol. The van der Waals surface area contributed by atoms with Crippen LogP contribution in [0, 0.1) is 5.41 Å². The quantitative estimate of drug-likeness (QED) is 0.899. The number of thiophene rings is 1. The largest absolute Gasteiger partial charge is 0.477 e. The Bertz CT molecular complexity index is 650. The van der Waals surface area contributed by atoms with E-state index in [2.05, 4.69) is 30.9 Å². The summed E-state index contributed by atoms with van der Waals surface area (Å²) in [5.74, 6) is -0.840. The van der Waals surface area contributed by atoms with Crippen LogP contribution in [0.1, 0.15) is 36.4 Å². The Kier molecular flexibility index (Phi) is 3.21. The summed E-state index contributed by atoms with van der Waals surface area (Å²) in [7, 11) is 0. The van der Waals surface area contributed by atoms with Crippen LogP contribution in [-0.4, -0.2) is 24.2 Å². The third kappa shape index (κ3) is 2.52. The number of fused-ring (bicyclic) bond motifs is 1. The fourth-order valence-corrected chi connectivity index (χ4v) is 3.63. The van der Waals surface area contributed by atoms with Crippen LogP contribution in [0.4, 0.5) is 5.69 Å². The number of carbonyl (C=O) groups is 1. The van der Waals surface area contributed by atoms with Gasteiger partial charge in [0, 0.05) is 23.5 Å². The Hall–Kier alpha value is -1.55. The molecule has 4 heteroatoms. The van der Waals surface area contributed by atoms with Crippen LogP contribution in [0.5, 0.6) is 0 Å². The van der Waals surface area contributed by atoms with E-state index in [9.17, 15) is 4.79 Å². The van der Waals surface area contributed by atoms with Crippen molar-refractivity contribution in [2.45, 2.75) is 26.7 Å². The normalized spacial score (nSPS) is 18.4. The molecule has 3 nitrogen and oxygen atoms in total. The predicted molar refractivity (Wildman–Crippen MR) is 84.0 cm³/mol. The number of anilines is 1. The lowest BCUT2D eigenvalue weighted by molar-refractivity contribution is 0.0702. The zero-order valence-corrected chi connectivity index (χ0v) is 12.7. The van der Waals surface area contributed by atoms with Gasteiger partial charge in [0.15, 0.2) is 0 Å². The first-order chi connectivity index (χ1) is 9.44. The summed E-state index contributed by atoms with van der Waals surface area (Å²) < 4.78 is 1.06. The Morgan fingerprint density at radius 3 is 2.60 bits per heavy atom. The first-order valence-corrected chi connectivity index (χ1v) is 7.78. The van der Waals surface area contributed by atoms with Crippen LogP contribution in [-0.2, 0) is 0 Å². The molecule has 20 heavy (non-hydrogen) atoms. The second-order valence-corrected chi connectivity index (χ2v) is 7.37. The zero-order valence-electron chi connectivity index (χ0n) is 11.8. The van der Waals surface area contributed by atoms with Crippen LogP contribution < -0.4 is 4.90 Å². The summed E-state index contributed by atoms with van der Waals surface area (Å²) in [4.78, 5) is 13.9. The Morgan fingerprint density at radius 2 is 1.95 bits per heavy atom. The van der Waals surface area contributed by atoms with Crippen LogP contribution in [0.15, 0.2) is 24.3 Å². The van der Waals surface area contributed by atoms with Crippen molar-refractivity contribution in [3.05, 3.63) is 29.1 Å². The predicted octanol–water partition coefficient (Wildman–Crippen LogP) is 4.23. The number of carboxylic acids is 1. The van der Waals surface area contributed by atoms with Gasteiger partial charge in [-0.05, 0) is 41.8 Å². The summed E-state index contributed by atoms with van der Waals surface area (Å²) in [5, 5.41) is 10.1. The van der Waals surface area contributed by atoms with E-state index < -0.39 is 5.97 Å². The lowest BCUT2D eigenvalue weighted by Crippen LogP contribution is -2.37. The van der Waals surface area contributed by atoms with E-state index in [0.717, 1.165) is 23.2 Å². The van der Waals surface area contributed by atoms with E-state index in [1.54, 1.807) is 6.07 Å². The molecule has 1 aliphatic heterocycles. The van der Waals surface area contributed by atoms with Crippen LogP contribution in [0.3, 0.4) is 0 Å². The minimum atomic E-state index is -0.840. The van der Waals surface area contributed by atoms with Gasteiger partial charge in [0.25, 0.3) is 0 Å². The molecule has 0 unspecified atom stereocenters. The number of piperidine rings is 1. The standard InChI is InChI=1S/C16H19NO2S/c1-16(2)5-7-17(8-6-16)12-4-3-11-9-14(15(18)19)20-13(11)10-12/h3-4,9-10H,5-8H2,1-2H3,(H,18,19). The molecule has 1 aromatic heterocycles. The maximum atomic E-state index is 11.0. The summed E-state index contributed by atoms with van der Waals surface area (Å²) in [6.45, 7) is 6.81. The van der Waals surface area contributed by atoms with Crippen molar-refractivity contribution in [3.8, 4) is 0 Å². The summed E-state index contributed by atoms with van der Waals surface area (Å²) in [6.07, 6.45) is 2.41. The molecule has 0 amide bonds. The van der Waals surface area contributed by atoms with Crippen LogP contribution >= 0.6 is 11.3 Å². The molecule has 3 rings (SSSR count). The van der Waals surface area contributed by atoms with Crippen LogP contribution in [0.25, 0.3) is 10.1 Å². The van der Waals surface area contributed by atoms with E-state index in [1.807, 2.05) is 6.07 Å². The molecule has 0 spiro atoms. The summed E-state index contributed by atoms with van der Waals surface area (Å²) >= 11 is 1.36. The first-order valence-electron chi connectivity index (χ1n) is 6.96. The smallest absolute Gasteiger partial charge is 0.345 e. The number of benzene rings is 1. The Labute approximate surface area is 122 Å². The maximum Gasteiger partial charge on any atom is 0.345 e. The number of rotatable bonds is 2. The minimum absolute atomic E-state index is 0.414. The van der Waals surface area contributed by atoms with Crippen molar-refractivity contribution in [3.63, 3.8) is 0 Å². The third-order valence-corrected chi connectivity index (χ3v) is 5.28. The molecule has 106 valence electrons. The number of hydrogen-bond donors (Lipinski definition) is 1. The SMILES string of the molecule is CC1(C)CCN(c2ccc3cc(C(=O)O)sc3c2)CC1. The van der Waals surface area contributed by atoms with Gasteiger partial charge >= 0.3 is 5.97 Å². The molecule has 1 saturated heterocycles. The molecular weight excluding hydrogens is 270 g/mol. The van der Waals surface area contributed by atoms with Crippen molar-refractivity contribution in [1.82, 2.24) is 0 Å². The van der Waals surface area contributed by atoms with Gasteiger partial charge in [-0.15, -0.1) is 11.3 Å². The van der Waals surface area contributed by atoms with Gasteiger partial charge in [-0.2, -0.15) is 0 Å². The van der Waals surface area contributed by atoms with Crippen molar-refractivity contribution in [2.24, 2.45) is 5.41 Å². The average Bonchev–Trinajstić information content (AvgIpc) is 2.81. The minimum Gasteiger partial charge on any atom is -0.477 e. The van der Waals surface area contributed by atoms with Crippen molar-refractivity contribution < 1.29 is 9.90 Å². The summed E-state index contributed by atoms with van der Waals surface area (Å²) in [5.41, 5.74) is 1.66. The highest BCUT2D eigenvalue weighted by molar-refractivity contribution is 7.20. The molecule has 0 atom stereocenters. The van der Waals surface area contributed by atoms with Crippen molar-refractivity contribution >= 4 is 33.1 Å². The van der Waals surface area contributed by atoms with E-state index in [0.29, 0.717) is 10.3 Å². The molecule has 2 heterocycles. The number of carboxylic acid groups (broad SMARTS) is 1. The number of aromatic carboxylic acids is 1. The second-order valence-electron chi connectivity index (χ2n) is 6.29. The van der Waals surface area contributed by atoms with E-state index >= 15 is 0 Å². The topological polar surface area (TPSA) is 40.5 Å². The highest BCUT2D eigenvalue weighted by atomic mass is 32.1. The van der Waals surface area contributed by atoms with E-state index in [1.165, 1.54) is 29.9 Å². The molecule has 0 saturated carbocycles. The van der Waals surface area contributed by atoms with Gasteiger partial charge in [0.1, 0.15) is 4.88 Å². The van der Waals surface area contributed by atoms with Gasteiger partial charge in [-0.3, -0.25) is 0 Å². The third-order valence-electron chi connectivity index (χ3n) is 4.20. The highest BCUT2D eigenvalue weighted by Gasteiger charge is 2.25. The monoisotopic (exact) mass is 289 g/mol. The van der Waals surface area contributed by atoms with E-state index in [4.69, 9.17) is 5.11 Å².